The molecule has 3 aromatic rings. The molecule has 0 bridgehead atoms. The van der Waals surface area contributed by atoms with Crippen LogP contribution in [0, 0.1) is 0 Å². The van der Waals surface area contributed by atoms with E-state index in [0.717, 1.165) is 27.5 Å². The van der Waals surface area contributed by atoms with E-state index in [1.807, 2.05) is 24.3 Å². The van der Waals surface area contributed by atoms with E-state index < -0.39 is 0 Å². The fourth-order valence-corrected chi connectivity index (χ4v) is 4.61. The average Bonchev–Trinajstić information content (AvgIpc) is 2.74. The lowest BCUT2D eigenvalue weighted by Crippen LogP contribution is -2.27. The number of rotatable bonds is 8. The van der Waals surface area contributed by atoms with Crippen LogP contribution in [0.4, 0.5) is 5.95 Å². The first kappa shape index (κ1) is 21.8. The third-order valence-corrected chi connectivity index (χ3v) is 5.99. The molecule has 31 heavy (non-hydrogen) atoms. The van der Waals surface area contributed by atoms with E-state index in [1.54, 1.807) is 7.11 Å². The maximum atomic E-state index is 11.9. The van der Waals surface area contributed by atoms with Gasteiger partial charge in [-0.1, -0.05) is 41.6 Å². The highest BCUT2D eigenvalue weighted by Gasteiger charge is 2.21. The summed E-state index contributed by atoms with van der Waals surface area (Å²) < 4.78 is 10.6. The van der Waals surface area contributed by atoms with Crippen molar-refractivity contribution in [2.75, 3.05) is 31.7 Å². The molecule has 0 aliphatic carbocycles. The first-order valence-corrected chi connectivity index (χ1v) is 11.1. The summed E-state index contributed by atoms with van der Waals surface area (Å²) in [5, 5.41) is 5.85. The third kappa shape index (κ3) is 4.90. The van der Waals surface area contributed by atoms with Gasteiger partial charge in [0.1, 0.15) is 0 Å². The van der Waals surface area contributed by atoms with Gasteiger partial charge in [0.25, 0.3) is 0 Å². The van der Waals surface area contributed by atoms with E-state index in [1.165, 1.54) is 11.8 Å². The molecule has 8 nitrogen and oxygen atoms in total. The van der Waals surface area contributed by atoms with E-state index >= 15 is 0 Å². The smallest absolute Gasteiger partial charge is 0.224 e. The number of hydrogen-bond donors (Lipinski definition) is 2. The molecule has 0 atom stereocenters. The van der Waals surface area contributed by atoms with E-state index in [2.05, 4.69) is 20.3 Å². The molecule has 162 valence electrons. The zero-order valence-corrected chi connectivity index (χ0v) is 18.6. The molecule has 1 aromatic heterocycles. The SMILES string of the molecule is COCCNC(=O)CCSc1nc(N)nc(-c2c(Cl)cc3c4c(cccc24)COC3)n1. The summed E-state index contributed by atoms with van der Waals surface area (Å²) >= 11 is 7.99. The molecule has 0 radical (unpaired) electrons. The van der Waals surface area contributed by atoms with Crippen molar-refractivity contribution < 1.29 is 14.3 Å². The summed E-state index contributed by atoms with van der Waals surface area (Å²) in [6.45, 7) is 2.03. The largest absolute Gasteiger partial charge is 0.383 e. The van der Waals surface area contributed by atoms with Gasteiger partial charge in [-0.05, 0) is 28.0 Å². The Morgan fingerprint density at radius 3 is 2.97 bits per heavy atom. The lowest BCUT2D eigenvalue weighted by Gasteiger charge is -2.20. The van der Waals surface area contributed by atoms with Crippen molar-refractivity contribution in [3.05, 3.63) is 40.4 Å². The van der Waals surface area contributed by atoms with Crippen LogP contribution in [0.25, 0.3) is 22.2 Å². The van der Waals surface area contributed by atoms with Crippen LogP contribution in [0.5, 0.6) is 0 Å². The number of nitrogen functional groups attached to an aromatic ring is 1. The van der Waals surface area contributed by atoms with Crippen LogP contribution in [0.15, 0.2) is 29.4 Å². The van der Waals surface area contributed by atoms with Crippen molar-refractivity contribution in [1.29, 1.82) is 0 Å². The van der Waals surface area contributed by atoms with Gasteiger partial charge in [-0.2, -0.15) is 9.97 Å². The maximum Gasteiger partial charge on any atom is 0.224 e. The van der Waals surface area contributed by atoms with Crippen molar-refractivity contribution >= 4 is 46.0 Å². The molecule has 2 aromatic carbocycles. The number of anilines is 1. The summed E-state index contributed by atoms with van der Waals surface area (Å²) in [6.07, 6.45) is 0.330. The number of nitrogens with two attached hydrogens (primary N) is 1. The molecule has 10 heteroatoms. The van der Waals surface area contributed by atoms with Gasteiger partial charge < -0.3 is 20.5 Å². The minimum absolute atomic E-state index is 0.0550. The van der Waals surface area contributed by atoms with Gasteiger partial charge in [0, 0.05) is 31.4 Å². The van der Waals surface area contributed by atoms with Crippen molar-refractivity contribution in [3.8, 4) is 11.4 Å². The summed E-state index contributed by atoms with van der Waals surface area (Å²) in [4.78, 5) is 25.0. The zero-order valence-electron chi connectivity index (χ0n) is 17.0. The van der Waals surface area contributed by atoms with Gasteiger partial charge in [0.15, 0.2) is 11.0 Å². The Kier molecular flexibility index (Phi) is 6.86. The normalized spacial score (nSPS) is 12.8. The molecular weight excluding hydrogens is 438 g/mol. The van der Waals surface area contributed by atoms with Crippen molar-refractivity contribution in [2.45, 2.75) is 24.8 Å². The molecule has 0 saturated carbocycles. The second-order valence-corrected chi connectivity index (χ2v) is 8.44. The number of benzene rings is 2. The predicted octanol–water partition coefficient (Wildman–Crippen LogP) is 3.20. The molecule has 3 N–H and O–H groups in total. The molecule has 1 amide bonds. The predicted molar refractivity (Wildman–Crippen MR) is 121 cm³/mol. The third-order valence-electron chi connectivity index (χ3n) is 4.84. The van der Waals surface area contributed by atoms with Gasteiger partial charge in [-0.3, -0.25) is 4.79 Å². The molecule has 1 aliphatic rings. The topological polar surface area (TPSA) is 112 Å². The van der Waals surface area contributed by atoms with Crippen LogP contribution in [-0.2, 0) is 27.5 Å². The van der Waals surface area contributed by atoms with Crippen LogP contribution in [0.3, 0.4) is 0 Å². The fourth-order valence-electron chi connectivity index (χ4n) is 3.51. The molecule has 4 rings (SSSR count). The highest BCUT2D eigenvalue weighted by molar-refractivity contribution is 7.99. The molecule has 2 heterocycles. The molecule has 1 aliphatic heterocycles. The van der Waals surface area contributed by atoms with E-state index in [0.29, 0.717) is 54.5 Å². The Balaban J connectivity index is 1.60. The average molecular weight is 460 g/mol. The van der Waals surface area contributed by atoms with Crippen LogP contribution < -0.4 is 11.1 Å². The standard InChI is InChI=1S/C21H22ClN5O3S/c1-29-7-6-24-16(28)5-8-31-21-26-19(25-20(23)27-21)18-14-4-2-3-12-10-30-11-13(17(12)14)9-15(18)22/h2-4,9H,5-8,10-11H2,1H3,(H,24,28)(H2,23,25,26,27). The van der Waals surface area contributed by atoms with Gasteiger partial charge in [-0.25, -0.2) is 4.98 Å². The maximum absolute atomic E-state index is 11.9. The Morgan fingerprint density at radius 1 is 1.29 bits per heavy atom. The number of amides is 1. The van der Waals surface area contributed by atoms with Gasteiger partial charge in [0.2, 0.25) is 11.9 Å². The fraction of sp³-hybridized carbons (Fsp3) is 0.333. The highest BCUT2D eigenvalue weighted by atomic mass is 35.5. The first-order chi connectivity index (χ1) is 15.1. The minimum Gasteiger partial charge on any atom is -0.383 e. The van der Waals surface area contributed by atoms with Crippen molar-refractivity contribution in [1.82, 2.24) is 20.3 Å². The van der Waals surface area contributed by atoms with Crippen LogP contribution >= 0.6 is 23.4 Å². The Hall–Kier alpha value is -2.46. The molecule has 0 spiro atoms. The van der Waals surface area contributed by atoms with Crippen molar-refractivity contribution in [2.24, 2.45) is 0 Å². The Labute approximate surface area is 188 Å². The van der Waals surface area contributed by atoms with Gasteiger partial charge >= 0.3 is 0 Å². The second kappa shape index (κ2) is 9.78. The highest BCUT2D eigenvalue weighted by Crippen LogP contribution is 2.39. The molecule has 0 saturated heterocycles. The number of carbonyl (C=O) groups excluding carboxylic acids is 1. The summed E-state index contributed by atoms with van der Waals surface area (Å²) in [7, 11) is 1.59. The van der Waals surface area contributed by atoms with Crippen molar-refractivity contribution in [3.63, 3.8) is 0 Å². The quantitative estimate of drug-likeness (QED) is 0.390. The number of ether oxygens (including phenoxy) is 2. The van der Waals surface area contributed by atoms with Crippen LogP contribution in [-0.4, -0.2) is 46.9 Å². The summed E-state index contributed by atoms with van der Waals surface area (Å²) in [5.41, 5.74) is 8.84. The number of methoxy groups -OCH3 is 1. The van der Waals surface area contributed by atoms with Crippen LogP contribution in [0.2, 0.25) is 5.02 Å². The lowest BCUT2D eigenvalue weighted by molar-refractivity contribution is -0.120. The number of aromatic nitrogens is 3. The molecule has 0 fully saturated rings. The number of hydrogen-bond acceptors (Lipinski definition) is 8. The molecular formula is C21H22ClN5O3S. The van der Waals surface area contributed by atoms with E-state index in [4.69, 9.17) is 26.8 Å². The van der Waals surface area contributed by atoms with Gasteiger partial charge in [-0.15, -0.1) is 0 Å². The number of carbonyl (C=O) groups is 1. The van der Waals surface area contributed by atoms with Crippen LogP contribution in [0.1, 0.15) is 17.5 Å². The number of halogens is 1. The zero-order chi connectivity index (χ0) is 21.8. The summed E-state index contributed by atoms with van der Waals surface area (Å²) in [6, 6.07) is 7.92. The lowest BCUT2D eigenvalue weighted by atomic mass is 9.94. The summed E-state index contributed by atoms with van der Waals surface area (Å²) in [5.74, 6) is 0.980. The van der Waals surface area contributed by atoms with E-state index in [-0.39, 0.29) is 11.9 Å². The minimum atomic E-state index is -0.0550. The Bertz CT molecular complexity index is 1130. The van der Waals surface area contributed by atoms with Gasteiger partial charge in [0.05, 0.1) is 24.8 Å². The number of nitrogens with one attached hydrogen (secondary N) is 1. The number of nitrogens with zero attached hydrogens (tertiary/aromatic N) is 3. The molecule has 0 unspecified atom stereocenters. The second-order valence-electron chi connectivity index (χ2n) is 6.97. The monoisotopic (exact) mass is 459 g/mol. The first-order valence-electron chi connectivity index (χ1n) is 9.78. The van der Waals surface area contributed by atoms with E-state index in [9.17, 15) is 4.79 Å². The number of thioether (sulfide) groups is 1. The Morgan fingerprint density at radius 2 is 2.13 bits per heavy atom.